The third-order valence-corrected chi connectivity index (χ3v) is 3.88. The molecular weight excluding hydrogens is 296 g/mol. The van der Waals surface area contributed by atoms with Gasteiger partial charge in [0.2, 0.25) is 0 Å². The van der Waals surface area contributed by atoms with Gasteiger partial charge >= 0.3 is 5.63 Å². The zero-order valence-corrected chi connectivity index (χ0v) is 12.3. The van der Waals surface area contributed by atoms with E-state index in [1.165, 1.54) is 0 Å². The molecule has 0 radical (unpaired) electrons. The highest BCUT2D eigenvalue weighted by molar-refractivity contribution is 5.85. The lowest BCUT2D eigenvalue weighted by Crippen LogP contribution is -2.05. The maximum absolute atomic E-state index is 12.3. The minimum Gasteiger partial charge on any atom is -0.422 e. The molecular formula is C18H16O5. The van der Waals surface area contributed by atoms with Crippen molar-refractivity contribution in [3.63, 3.8) is 0 Å². The summed E-state index contributed by atoms with van der Waals surface area (Å²) in [6.07, 6.45) is 0. The molecule has 118 valence electrons. The molecule has 0 saturated heterocycles. The van der Waals surface area contributed by atoms with E-state index in [9.17, 15) is 15.0 Å². The molecule has 1 aromatic heterocycles. The SMILES string of the molecule is O=c1oc2c(CO)c(CO)ccc2cc1-c1ccc(CO)cc1. The molecule has 1 heterocycles. The first-order chi connectivity index (χ1) is 11.2. The number of benzene rings is 2. The second-order valence-corrected chi connectivity index (χ2v) is 5.24. The van der Waals surface area contributed by atoms with Gasteiger partial charge in [-0.25, -0.2) is 4.79 Å². The molecule has 5 heteroatoms. The van der Waals surface area contributed by atoms with Crippen LogP contribution in [-0.2, 0) is 19.8 Å². The number of aliphatic hydroxyl groups excluding tert-OH is 3. The second kappa shape index (κ2) is 6.34. The van der Waals surface area contributed by atoms with Crippen LogP contribution >= 0.6 is 0 Å². The average Bonchev–Trinajstić information content (AvgIpc) is 2.60. The number of hydrogen-bond donors (Lipinski definition) is 3. The van der Waals surface area contributed by atoms with Gasteiger partial charge in [-0.15, -0.1) is 0 Å². The van der Waals surface area contributed by atoms with E-state index >= 15 is 0 Å². The molecule has 0 aliphatic heterocycles. The fraction of sp³-hybridized carbons (Fsp3) is 0.167. The highest BCUT2D eigenvalue weighted by atomic mass is 16.4. The van der Waals surface area contributed by atoms with Crippen molar-refractivity contribution in [3.8, 4) is 11.1 Å². The normalized spacial score (nSPS) is 11.1. The zero-order chi connectivity index (χ0) is 16.4. The Balaban J connectivity index is 2.20. The van der Waals surface area contributed by atoms with E-state index in [2.05, 4.69) is 0 Å². The van der Waals surface area contributed by atoms with Gasteiger partial charge in [-0.1, -0.05) is 36.4 Å². The van der Waals surface area contributed by atoms with Crippen LogP contribution in [0.5, 0.6) is 0 Å². The molecule has 0 fully saturated rings. The Morgan fingerprint density at radius 3 is 2.22 bits per heavy atom. The Morgan fingerprint density at radius 1 is 0.870 bits per heavy atom. The third-order valence-electron chi connectivity index (χ3n) is 3.88. The van der Waals surface area contributed by atoms with Crippen molar-refractivity contribution < 1.29 is 19.7 Å². The second-order valence-electron chi connectivity index (χ2n) is 5.24. The van der Waals surface area contributed by atoms with Crippen LogP contribution in [-0.4, -0.2) is 15.3 Å². The number of aliphatic hydroxyl groups is 3. The maximum atomic E-state index is 12.3. The summed E-state index contributed by atoms with van der Waals surface area (Å²) < 4.78 is 5.39. The van der Waals surface area contributed by atoms with Crippen LogP contribution < -0.4 is 5.63 Å². The minimum absolute atomic E-state index is 0.0591. The lowest BCUT2D eigenvalue weighted by molar-refractivity contribution is 0.259. The van der Waals surface area contributed by atoms with Crippen molar-refractivity contribution in [2.45, 2.75) is 19.8 Å². The number of fused-ring (bicyclic) bond motifs is 1. The molecule has 0 atom stereocenters. The topological polar surface area (TPSA) is 90.9 Å². The Morgan fingerprint density at radius 2 is 1.61 bits per heavy atom. The smallest absolute Gasteiger partial charge is 0.344 e. The Hall–Kier alpha value is -2.47. The molecule has 2 aromatic carbocycles. The van der Waals surface area contributed by atoms with Gasteiger partial charge in [-0.05, 0) is 22.8 Å². The molecule has 3 aromatic rings. The van der Waals surface area contributed by atoms with Gasteiger partial charge in [-0.2, -0.15) is 0 Å². The Kier molecular flexibility index (Phi) is 4.25. The Labute approximate surface area is 132 Å². The first-order valence-corrected chi connectivity index (χ1v) is 7.18. The van der Waals surface area contributed by atoms with E-state index in [0.717, 1.165) is 5.56 Å². The lowest BCUT2D eigenvalue weighted by atomic mass is 10.0. The van der Waals surface area contributed by atoms with Crippen molar-refractivity contribution in [2.24, 2.45) is 0 Å². The van der Waals surface area contributed by atoms with Gasteiger partial charge in [0.25, 0.3) is 0 Å². The van der Waals surface area contributed by atoms with Crippen LogP contribution in [0.15, 0.2) is 51.7 Å². The van der Waals surface area contributed by atoms with Gasteiger partial charge in [0.15, 0.2) is 0 Å². The largest absolute Gasteiger partial charge is 0.422 e. The first kappa shape index (κ1) is 15.4. The van der Waals surface area contributed by atoms with E-state index in [0.29, 0.717) is 33.2 Å². The third kappa shape index (κ3) is 2.77. The molecule has 23 heavy (non-hydrogen) atoms. The van der Waals surface area contributed by atoms with E-state index in [1.807, 2.05) is 0 Å². The van der Waals surface area contributed by atoms with Gasteiger partial charge in [0, 0.05) is 10.9 Å². The molecule has 0 aliphatic rings. The molecule has 0 amide bonds. The standard InChI is InChI=1S/C18H16O5/c19-8-11-1-3-12(4-2-11)15-7-13-5-6-14(9-20)16(10-21)17(13)23-18(15)22/h1-7,19-21H,8-10H2. The summed E-state index contributed by atoms with van der Waals surface area (Å²) in [7, 11) is 0. The molecule has 0 unspecified atom stereocenters. The first-order valence-electron chi connectivity index (χ1n) is 7.18. The minimum atomic E-state index is -0.515. The quantitative estimate of drug-likeness (QED) is 0.640. The summed E-state index contributed by atoms with van der Waals surface area (Å²) in [6.45, 7) is -0.614. The lowest BCUT2D eigenvalue weighted by Gasteiger charge is -2.09. The predicted molar refractivity (Wildman–Crippen MR) is 85.7 cm³/mol. The summed E-state index contributed by atoms with van der Waals surface area (Å²) in [5.74, 6) is 0. The highest BCUT2D eigenvalue weighted by Gasteiger charge is 2.13. The molecule has 0 spiro atoms. The molecule has 0 aliphatic carbocycles. The summed E-state index contributed by atoms with van der Waals surface area (Å²) in [5.41, 5.74) is 2.58. The summed E-state index contributed by atoms with van der Waals surface area (Å²) >= 11 is 0. The summed E-state index contributed by atoms with van der Waals surface area (Å²) in [4.78, 5) is 12.3. The van der Waals surface area contributed by atoms with Gasteiger partial charge in [0.1, 0.15) is 5.58 Å². The van der Waals surface area contributed by atoms with Crippen molar-refractivity contribution in [2.75, 3.05) is 0 Å². The van der Waals surface area contributed by atoms with E-state index in [1.54, 1.807) is 42.5 Å². The van der Waals surface area contributed by atoms with E-state index < -0.39 is 5.63 Å². The van der Waals surface area contributed by atoms with Crippen molar-refractivity contribution in [1.82, 2.24) is 0 Å². The molecule has 5 nitrogen and oxygen atoms in total. The average molecular weight is 312 g/mol. The number of rotatable bonds is 4. The molecule has 3 N–H and O–H groups in total. The highest BCUT2D eigenvalue weighted by Crippen LogP contribution is 2.26. The summed E-state index contributed by atoms with van der Waals surface area (Å²) in [5, 5.41) is 28.5. The fourth-order valence-electron chi connectivity index (χ4n) is 2.60. The van der Waals surface area contributed by atoms with Crippen LogP contribution in [0.1, 0.15) is 16.7 Å². The van der Waals surface area contributed by atoms with Crippen LogP contribution in [0.25, 0.3) is 22.1 Å². The zero-order valence-electron chi connectivity index (χ0n) is 12.3. The maximum Gasteiger partial charge on any atom is 0.344 e. The molecule has 0 saturated carbocycles. The monoisotopic (exact) mass is 312 g/mol. The van der Waals surface area contributed by atoms with Crippen LogP contribution in [0.2, 0.25) is 0 Å². The van der Waals surface area contributed by atoms with Gasteiger partial charge < -0.3 is 19.7 Å². The number of hydrogen-bond acceptors (Lipinski definition) is 5. The molecule has 3 rings (SSSR count). The van der Waals surface area contributed by atoms with Crippen LogP contribution in [0, 0.1) is 0 Å². The predicted octanol–water partition coefficient (Wildman–Crippen LogP) is 1.94. The van der Waals surface area contributed by atoms with Crippen LogP contribution in [0.4, 0.5) is 0 Å². The van der Waals surface area contributed by atoms with Crippen molar-refractivity contribution in [1.29, 1.82) is 0 Å². The fourth-order valence-corrected chi connectivity index (χ4v) is 2.60. The van der Waals surface area contributed by atoms with E-state index in [4.69, 9.17) is 9.52 Å². The van der Waals surface area contributed by atoms with Crippen LogP contribution in [0.3, 0.4) is 0 Å². The van der Waals surface area contributed by atoms with Gasteiger partial charge in [-0.3, -0.25) is 0 Å². The Bertz CT molecular complexity index is 894. The van der Waals surface area contributed by atoms with Crippen molar-refractivity contribution >= 4 is 11.0 Å². The summed E-state index contributed by atoms with van der Waals surface area (Å²) in [6, 6.07) is 12.1. The van der Waals surface area contributed by atoms with E-state index in [-0.39, 0.29) is 19.8 Å². The molecule has 0 bridgehead atoms. The van der Waals surface area contributed by atoms with Gasteiger partial charge in [0.05, 0.1) is 25.4 Å². The van der Waals surface area contributed by atoms with Crippen molar-refractivity contribution in [3.05, 3.63) is 69.6 Å².